The first-order chi connectivity index (χ1) is 14.1. The van der Waals surface area contributed by atoms with E-state index >= 15 is 0 Å². The summed E-state index contributed by atoms with van der Waals surface area (Å²) in [5, 5.41) is 6.69. The number of rotatable bonds is 6. The van der Waals surface area contributed by atoms with E-state index in [4.69, 9.17) is 14.5 Å². The Morgan fingerprint density at radius 1 is 1.28 bits per heavy atom. The first kappa shape index (κ1) is 17.7. The van der Waals surface area contributed by atoms with Gasteiger partial charge in [0.1, 0.15) is 0 Å². The van der Waals surface area contributed by atoms with Crippen LogP contribution in [0, 0.1) is 12.8 Å². The summed E-state index contributed by atoms with van der Waals surface area (Å²) in [6, 6.07) is 3.83. The summed E-state index contributed by atoms with van der Waals surface area (Å²) in [5.41, 5.74) is 4.61. The molecule has 2 aliphatic rings. The van der Waals surface area contributed by atoms with Gasteiger partial charge in [0, 0.05) is 18.0 Å². The molecule has 0 radical (unpaired) electrons. The third kappa shape index (κ3) is 3.20. The fourth-order valence-electron chi connectivity index (χ4n) is 3.57. The van der Waals surface area contributed by atoms with Crippen LogP contribution in [0.1, 0.15) is 34.5 Å². The Morgan fingerprint density at radius 2 is 2.14 bits per heavy atom. The van der Waals surface area contributed by atoms with Crippen molar-refractivity contribution in [1.29, 1.82) is 0 Å². The number of fused-ring (bicyclic) bond motifs is 1. The number of aromatic amines is 1. The molecule has 0 aromatic carbocycles. The van der Waals surface area contributed by atoms with Crippen LogP contribution in [0.25, 0.3) is 11.3 Å². The van der Waals surface area contributed by atoms with Crippen molar-refractivity contribution in [3.8, 4) is 22.9 Å². The minimum absolute atomic E-state index is 0.0562. The summed E-state index contributed by atoms with van der Waals surface area (Å²) in [7, 11) is 1.58. The number of ether oxygens (including phenoxy) is 2. The van der Waals surface area contributed by atoms with Crippen molar-refractivity contribution in [2.75, 3.05) is 18.6 Å². The van der Waals surface area contributed by atoms with Gasteiger partial charge in [-0.1, -0.05) is 0 Å². The average molecular weight is 391 g/mol. The van der Waals surface area contributed by atoms with Crippen molar-refractivity contribution >= 4 is 11.6 Å². The highest BCUT2D eigenvalue weighted by Gasteiger charge is 2.32. The third-order valence-corrected chi connectivity index (χ3v) is 5.33. The fraction of sp³-hybridized carbons (Fsp3) is 0.333. The molecule has 148 valence electrons. The van der Waals surface area contributed by atoms with E-state index in [1.165, 1.54) is 12.8 Å². The highest BCUT2D eigenvalue weighted by atomic mass is 16.5. The van der Waals surface area contributed by atoms with Gasteiger partial charge in [-0.05, 0) is 43.4 Å². The number of carbonyl (C=O) groups is 1. The van der Waals surface area contributed by atoms with E-state index in [1.807, 2.05) is 19.1 Å². The van der Waals surface area contributed by atoms with Gasteiger partial charge in [0.2, 0.25) is 0 Å². The predicted octanol–water partition coefficient (Wildman–Crippen LogP) is 3.13. The normalized spacial score (nSPS) is 15.5. The van der Waals surface area contributed by atoms with Crippen LogP contribution < -0.4 is 14.4 Å². The molecule has 0 spiro atoms. The van der Waals surface area contributed by atoms with E-state index in [1.54, 1.807) is 30.6 Å². The molecule has 1 N–H and O–H groups in total. The topological polar surface area (TPSA) is 93.2 Å². The van der Waals surface area contributed by atoms with E-state index in [9.17, 15) is 4.79 Å². The second-order valence-electron chi connectivity index (χ2n) is 7.48. The molecular weight excluding hydrogens is 370 g/mol. The van der Waals surface area contributed by atoms with Crippen LogP contribution in [0.3, 0.4) is 0 Å². The molecule has 0 saturated heterocycles. The minimum atomic E-state index is -0.0562. The van der Waals surface area contributed by atoms with E-state index in [2.05, 4.69) is 15.2 Å². The molecule has 1 aliphatic carbocycles. The van der Waals surface area contributed by atoms with Crippen LogP contribution in [0.2, 0.25) is 0 Å². The molecule has 29 heavy (non-hydrogen) atoms. The predicted molar refractivity (Wildman–Crippen MR) is 106 cm³/mol. The maximum atomic E-state index is 12.9. The van der Waals surface area contributed by atoms with Gasteiger partial charge < -0.3 is 9.47 Å². The Bertz CT molecular complexity index is 1080. The number of methoxy groups -OCH3 is 1. The molecule has 8 nitrogen and oxygen atoms in total. The molecule has 3 aromatic rings. The summed E-state index contributed by atoms with van der Waals surface area (Å²) in [5.74, 6) is 1.66. The van der Waals surface area contributed by atoms with Gasteiger partial charge in [-0.15, -0.1) is 0 Å². The molecule has 0 bridgehead atoms. The number of amides is 1. The lowest BCUT2D eigenvalue weighted by atomic mass is 10.0. The maximum absolute atomic E-state index is 12.9. The fourth-order valence-corrected chi connectivity index (χ4v) is 3.57. The zero-order valence-electron chi connectivity index (χ0n) is 16.3. The van der Waals surface area contributed by atoms with Crippen molar-refractivity contribution in [1.82, 2.24) is 20.2 Å². The van der Waals surface area contributed by atoms with Gasteiger partial charge in [-0.3, -0.25) is 19.8 Å². The van der Waals surface area contributed by atoms with E-state index in [0.29, 0.717) is 36.3 Å². The van der Waals surface area contributed by atoms with Crippen LogP contribution in [0.15, 0.2) is 30.7 Å². The third-order valence-electron chi connectivity index (χ3n) is 5.33. The number of nitrogens with zero attached hydrogens (tertiary/aromatic N) is 4. The van der Waals surface area contributed by atoms with Crippen molar-refractivity contribution in [2.45, 2.75) is 26.3 Å². The number of pyridine rings is 2. The summed E-state index contributed by atoms with van der Waals surface area (Å²) in [4.78, 5) is 23.7. The standard InChI is InChI=1S/C21H21N5O3/c1-12-5-16(14-6-18(20(28-2)22-7-14)29-11-13-3-4-13)25-17-10-26(21(27)19(12)17)15-8-23-24-9-15/h5-9,13H,3-4,10-11H2,1-2H3,(H,23,24). The quantitative estimate of drug-likeness (QED) is 0.694. The number of hydrogen-bond donors (Lipinski definition) is 1. The van der Waals surface area contributed by atoms with E-state index in [0.717, 1.165) is 28.2 Å². The van der Waals surface area contributed by atoms with Crippen molar-refractivity contribution in [3.63, 3.8) is 0 Å². The molecule has 0 atom stereocenters. The summed E-state index contributed by atoms with van der Waals surface area (Å²) < 4.78 is 11.3. The summed E-state index contributed by atoms with van der Waals surface area (Å²) in [6.45, 7) is 3.02. The van der Waals surface area contributed by atoms with Crippen LogP contribution in [-0.2, 0) is 6.54 Å². The van der Waals surface area contributed by atoms with Crippen LogP contribution in [0.5, 0.6) is 11.6 Å². The Kier molecular flexibility index (Phi) is 4.19. The first-order valence-electron chi connectivity index (χ1n) is 9.62. The molecule has 1 aliphatic heterocycles. The zero-order valence-corrected chi connectivity index (χ0v) is 16.3. The number of aromatic nitrogens is 4. The van der Waals surface area contributed by atoms with Gasteiger partial charge in [0.25, 0.3) is 11.8 Å². The van der Waals surface area contributed by atoms with Crippen LogP contribution >= 0.6 is 0 Å². The van der Waals surface area contributed by atoms with Gasteiger partial charge >= 0.3 is 0 Å². The number of aryl methyl sites for hydroxylation is 1. The molecule has 0 unspecified atom stereocenters. The Balaban J connectivity index is 1.49. The summed E-state index contributed by atoms with van der Waals surface area (Å²) >= 11 is 0. The lowest BCUT2D eigenvalue weighted by Gasteiger charge is -2.12. The molecule has 1 fully saturated rings. The highest BCUT2D eigenvalue weighted by molar-refractivity contribution is 6.10. The molecule has 3 aromatic heterocycles. The largest absolute Gasteiger partial charge is 0.488 e. The second-order valence-corrected chi connectivity index (χ2v) is 7.48. The monoisotopic (exact) mass is 391 g/mol. The first-order valence-corrected chi connectivity index (χ1v) is 9.62. The highest BCUT2D eigenvalue weighted by Crippen LogP contribution is 2.35. The number of anilines is 1. The van der Waals surface area contributed by atoms with Gasteiger partial charge in [0.05, 0.1) is 49.1 Å². The van der Waals surface area contributed by atoms with Crippen molar-refractivity contribution in [2.24, 2.45) is 5.92 Å². The van der Waals surface area contributed by atoms with Crippen molar-refractivity contribution < 1.29 is 14.3 Å². The Hall–Kier alpha value is -3.42. The lowest BCUT2D eigenvalue weighted by molar-refractivity contribution is 0.0996. The number of nitrogens with one attached hydrogen (secondary N) is 1. The SMILES string of the molecule is COc1ncc(-c2cc(C)c3c(n2)CN(c2cn[nH]c2)C3=O)cc1OCC1CC1. The van der Waals surface area contributed by atoms with E-state index < -0.39 is 0 Å². The number of carbonyl (C=O) groups excluding carboxylic acids is 1. The lowest BCUT2D eigenvalue weighted by Crippen LogP contribution is -2.22. The Labute approximate surface area is 167 Å². The average Bonchev–Trinajstić information content (AvgIpc) is 3.27. The van der Waals surface area contributed by atoms with Gasteiger partial charge in [0.15, 0.2) is 5.75 Å². The van der Waals surface area contributed by atoms with Crippen LogP contribution in [-0.4, -0.2) is 39.8 Å². The molecule has 4 heterocycles. The summed E-state index contributed by atoms with van der Waals surface area (Å²) in [6.07, 6.45) is 7.49. The Morgan fingerprint density at radius 3 is 2.86 bits per heavy atom. The second kappa shape index (κ2) is 6.88. The molecule has 1 saturated carbocycles. The smallest absolute Gasteiger partial charge is 0.260 e. The number of hydrogen-bond acceptors (Lipinski definition) is 6. The van der Waals surface area contributed by atoms with E-state index in [-0.39, 0.29) is 5.91 Å². The van der Waals surface area contributed by atoms with Gasteiger partial charge in [-0.25, -0.2) is 4.98 Å². The molecular formula is C21H21N5O3. The molecule has 8 heteroatoms. The maximum Gasteiger partial charge on any atom is 0.260 e. The minimum Gasteiger partial charge on any atom is -0.488 e. The number of H-pyrrole nitrogens is 1. The van der Waals surface area contributed by atoms with Gasteiger partial charge in [-0.2, -0.15) is 5.10 Å². The molecule has 5 rings (SSSR count). The zero-order chi connectivity index (χ0) is 20.0. The van der Waals surface area contributed by atoms with Crippen LogP contribution in [0.4, 0.5) is 5.69 Å². The van der Waals surface area contributed by atoms with Crippen molar-refractivity contribution in [3.05, 3.63) is 47.5 Å². The molecule has 1 amide bonds.